The van der Waals surface area contributed by atoms with Gasteiger partial charge in [-0.25, -0.2) is 13.1 Å². The Morgan fingerprint density at radius 3 is 2.61 bits per heavy atom. The standard InChI is InChI=1S/C13H20N2O2S/c1-10-5-3-4-6-13(10)18(16,17)15-12-8-7-11(2)14-9-12/h3-6,11-12,14-15H,7-9H2,1-2H3. The SMILES string of the molecule is Cc1ccccc1S(=O)(=O)NC1CCC(C)NC1. The Morgan fingerprint density at radius 2 is 2.00 bits per heavy atom. The van der Waals surface area contributed by atoms with E-state index in [0.29, 0.717) is 17.5 Å². The minimum absolute atomic E-state index is 0.00851. The molecule has 1 aromatic carbocycles. The van der Waals surface area contributed by atoms with Gasteiger partial charge >= 0.3 is 0 Å². The molecular formula is C13H20N2O2S. The quantitative estimate of drug-likeness (QED) is 0.871. The molecule has 1 fully saturated rings. The average molecular weight is 268 g/mol. The van der Waals surface area contributed by atoms with Gasteiger partial charge < -0.3 is 5.32 Å². The van der Waals surface area contributed by atoms with Gasteiger partial charge in [-0.05, 0) is 38.3 Å². The van der Waals surface area contributed by atoms with E-state index in [1.54, 1.807) is 12.1 Å². The zero-order chi connectivity index (χ0) is 13.2. The molecule has 5 heteroatoms. The van der Waals surface area contributed by atoms with Crippen molar-refractivity contribution in [2.75, 3.05) is 6.54 Å². The van der Waals surface area contributed by atoms with Crippen molar-refractivity contribution in [1.82, 2.24) is 10.0 Å². The molecule has 0 amide bonds. The number of hydrogen-bond acceptors (Lipinski definition) is 3. The Bertz CT molecular complexity index is 505. The molecule has 1 aliphatic heterocycles. The van der Waals surface area contributed by atoms with E-state index in [0.717, 1.165) is 18.4 Å². The van der Waals surface area contributed by atoms with Gasteiger partial charge in [-0.15, -0.1) is 0 Å². The van der Waals surface area contributed by atoms with Gasteiger partial charge in [0.1, 0.15) is 0 Å². The van der Waals surface area contributed by atoms with Gasteiger partial charge in [-0.1, -0.05) is 18.2 Å². The molecule has 2 atom stereocenters. The third-order valence-corrected chi connectivity index (χ3v) is 5.05. The molecular weight excluding hydrogens is 248 g/mol. The second-order valence-electron chi connectivity index (χ2n) is 4.97. The highest BCUT2D eigenvalue weighted by molar-refractivity contribution is 7.89. The Kier molecular flexibility index (Phi) is 4.04. The molecule has 4 nitrogen and oxygen atoms in total. The second-order valence-corrected chi connectivity index (χ2v) is 6.65. The van der Waals surface area contributed by atoms with Crippen molar-refractivity contribution in [3.8, 4) is 0 Å². The number of aryl methyl sites for hydroxylation is 1. The summed E-state index contributed by atoms with van der Waals surface area (Å²) in [5.74, 6) is 0. The fraction of sp³-hybridized carbons (Fsp3) is 0.538. The monoisotopic (exact) mass is 268 g/mol. The molecule has 0 aromatic heterocycles. The van der Waals surface area contributed by atoms with Crippen LogP contribution in [-0.2, 0) is 10.0 Å². The van der Waals surface area contributed by atoms with Crippen molar-refractivity contribution < 1.29 is 8.42 Å². The third-order valence-electron chi connectivity index (χ3n) is 3.37. The van der Waals surface area contributed by atoms with Crippen LogP contribution < -0.4 is 10.0 Å². The largest absolute Gasteiger partial charge is 0.313 e. The van der Waals surface area contributed by atoms with Crippen molar-refractivity contribution in [2.24, 2.45) is 0 Å². The van der Waals surface area contributed by atoms with Crippen LogP contribution in [0.25, 0.3) is 0 Å². The van der Waals surface area contributed by atoms with Crippen LogP contribution in [0.1, 0.15) is 25.3 Å². The molecule has 1 saturated heterocycles. The lowest BCUT2D eigenvalue weighted by Crippen LogP contribution is -2.48. The molecule has 1 aromatic rings. The van der Waals surface area contributed by atoms with Crippen molar-refractivity contribution in [3.63, 3.8) is 0 Å². The molecule has 2 N–H and O–H groups in total. The Hall–Kier alpha value is -0.910. The minimum Gasteiger partial charge on any atom is -0.313 e. The topological polar surface area (TPSA) is 58.2 Å². The maximum Gasteiger partial charge on any atom is 0.241 e. The Morgan fingerprint density at radius 1 is 1.28 bits per heavy atom. The van der Waals surface area contributed by atoms with Gasteiger partial charge in [-0.2, -0.15) is 0 Å². The predicted octanol–water partition coefficient (Wildman–Crippen LogP) is 1.41. The van der Waals surface area contributed by atoms with Crippen LogP contribution in [0.4, 0.5) is 0 Å². The smallest absolute Gasteiger partial charge is 0.241 e. The summed E-state index contributed by atoms with van der Waals surface area (Å²) in [6.07, 6.45) is 1.89. The van der Waals surface area contributed by atoms with E-state index in [9.17, 15) is 8.42 Å². The van der Waals surface area contributed by atoms with Crippen LogP contribution >= 0.6 is 0 Å². The first kappa shape index (κ1) is 13.5. The molecule has 1 heterocycles. The van der Waals surface area contributed by atoms with Crippen LogP contribution in [0.15, 0.2) is 29.2 Å². The fourth-order valence-electron chi connectivity index (χ4n) is 2.24. The van der Waals surface area contributed by atoms with Crippen LogP contribution in [0.2, 0.25) is 0 Å². The van der Waals surface area contributed by atoms with Gasteiger partial charge in [0.25, 0.3) is 0 Å². The van der Waals surface area contributed by atoms with Crippen LogP contribution in [0, 0.1) is 6.92 Å². The number of hydrogen-bond donors (Lipinski definition) is 2. The summed E-state index contributed by atoms with van der Waals surface area (Å²) in [5.41, 5.74) is 0.780. The van der Waals surface area contributed by atoms with Crippen molar-refractivity contribution in [3.05, 3.63) is 29.8 Å². The molecule has 18 heavy (non-hydrogen) atoms. The molecule has 100 valence electrons. The van der Waals surface area contributed by atoms with Gasteiger partial charge in [-0.3, -0.25) is 0 Å². The molecule has 0 spiro atoms. The number of nitrogens with one attached hydrogen (secondary N) is 2. The zero-order valence-corrected chi connectivity index (χ0v) is 11.6. The lowest BCUT2D eigenvalue weighted by molar-refractivity contribution is 0.366. The highest BCUT2D eigenvalue weighted by atomic mass is 32.2. The van der Waals surface area contributed by atoms with Gasteiger partial charge in [0.15, 0.2) is 0 Å². The lowest BCUT2D eigenvalue weighted by Gasteiger charge is -2.28. The van der Waals surface area contributed by atoms with Gasteiger partial charge in [0.2, 0.25) is 10.0 Å². The highest BCUT2D eigenvalue weighted by Gasteiger charge is 2.24. The third kappa shape index (κ3) is 3.10. The van der Waals surface area contributed by atoms with E-state index in [1.807, 2.05) is 19.1 Å². The molecule has 2 unspecified atom stereocenters. The first-order chi connectivity index (χ1) is 8.49. The maximum absolute atomic E-state index is 12.3. The van der Waals surface area contributed by atoms with E-state index in [4.69, 9.17) is 0 Å². The molecule has 2 rings (SSSR count). The van der Waals surface area contributed by atoms with Gasteiger partial charge in [0.05, 0.1) is 4.90 Å². The Labute approximate surface area is 109 Å². The number of sulfonamides is 1. The van der Waals surface area contributed by atoms with E-state index >= 15 is 0 Å². The first-order valence-corrected chi connectivity index (χ1v) is 7.79. The Balaban J connectivity index is 2.11. The number of piperidine rings is 1. The van der Waals surface area contributed by atoms with Crippen LogP contribution in [-0.4, -0.2) is 27.0 Å². The van der Waals surface area contributed by atoms with Crippen molar-refractivity contribution >= 4 is 10.0 Å². The normalized spacial score (nSPS) is 25.0. The minimum atomic E-state index is -3.40. The first-order valence-electron chi connectivity index (χ1n) is 6.30. The summed E-state index contributed by atoms with van der Waals surface area (Å²) in [7, 11) is -3.40. The highest BCUT2D eigenvalue weighted by Crippen LogP contribution is 2.16. The summed E-state index contributed by atoms with van der Waals surface area (Å²) in [4.78, 5) is 0.378. The summed E-state index contributed by atoms with van der Waals surface area (Å²) < 4.78 is 27.3. The summed E-state index contributed by atoms with van der Waals surface area (Å²) >= 11 is 0. The predicted molar refractivity (Wildman–Crippen MR) is 72.0 cm³/mol. The zero-order valence-electron chi connectivity index (χ0n) is 10.8. The van der Waals surface area contributed by atoms with Crippen molar-refractivity contribution in [1.29, 1.82) is 0 Å². The maximum atomic E-state index is 12.3. The summed E-state index contributed by atoms with van der Waals surface area (Å²) in [6.45, 7) is 4.63. The van der Waals surface area contributed by atoms with Crippen molar-refractivity contribution in [2.45, 2.75) is 43.7 Å². The van der Waals surface area contributed by atoms with E-state index in [-0.39, 0.29) is 6.04 Å². The second kappa shape index (κ2) is 5.38. The summed E-state index contributed by atoms with van der Waals surface area (Å²) in [6, 6.07) is 7.53. The molecule has 0 saturated carbocycles. The van der Waals surface area contributed by atoms with E-state index in [1.165, 1.54) is 0 Å². The van der Waals surface area contributed by atoms with E-state index in [2.05, 4.69) is 17.0 Å². The number of rotatable bonds is 3. The molecule has 1 aliphatic rings. The molecule has 0 bridgehead atoms. The average Bonchev–Trinajstić information content (AvgIpc) is 2.32. The number of benzene rings is 1. The lowest BCUT2D eigenvalue weighted by atomic mass is 10.0. The molecule has 0 radical (unpaired) electrons. The van der Waals surface area contributed by atoms with E-state index < -0.39 is 10.0 Å². The molecule has 0 aliphatic carbocycles. The van der Waals surface area contributed by atoms with Crippen LogP contribution in [0.5, 0.6) is 0 Å². The fourth-order valence-corrected chi connectivity index (χ4v) is 3.76. The van der Waals surface area contributed by atoms with Gasteiger partial charge in [0, 0.05) is 18.6 Å². The van der Waals surface area contributed by atoms with Crippen LogP contribution in [0.3, 0.4) is 0 Å². The summed E-state index contributed by atoms with van der Waals surface area (Å²) in [5, 5.41) is 3.29.